The number of nitrogens with zero attached hydrogens (tertiary/aromatic N) is 1. The first-order valence-electron chi connectivity index (χ1n) is 5.98. The molecule has 2 atom stereocenters. The fraction of sp³-hybridized carbons (Fsp3) is 0.417. The number of carbonyl (C=O) groups excluding carboxylic acids is 1. The van der Waals surface area contributed by atoms with Gasteiger partial charge in [-0.15, -0.1) is 0 Å². The molecule has 0 heterocycles. The summed E-state index contributed by atoms with van der Waals surface area (Å²) in [5.41, 5.74) is -1.37. The lowest BCUT2D eigenvalue weighted by molar-refractivity contribution is -0.386. The number of amides is 1. The Labute approximate surface area is 118 Å². The number of carbonyl (C=O) groups is 1. The summed E-state index contributed by atoms with van der Waals surface area (Å²) in [5.74, 6) is -3.15. The molecule has 2 unspecified atom stereocenters. The summed E-state index contributed by atoms with van der Waals surface area (Å²) in [7, 11) is 0. The van der Waals surface area contributed by atoms with E-state index in [1.54, 1.807) is 0 Å². The maximum absolute atomic E-state index is 13.2. The van der Waals surface area contributed by atoms with Gasteiger partial charge in [-0.1, -0.05) is 0 Å². The first kappa shape index (κ1) is 16.9. The largest absolute Gasteiger partial charge is 0.390 e. The molecule has 7 nitrogen and oxygen atoms in total. The smallest absolute Gasteiger partial charge is 0.278 e. The van der Waals surface area contributed by atoms with Gasteiger partial charge < -0.3 is 15.5 Å². The second-order valence-corrected chi connectivity index (χ2v) is 4.37. The molecule has 1 aromatic carbocycles. The summed E-state index contributed by atoms with van der Waals surface area (Å²) in [5, 5.41) is 32.7. The van der Waals surface area contributed by atoms with E-state index in [0.29, 0.717) is 12.1 Å². The summed E-state index contributed by atoms with van der Waals surface area (Å²) >= 11 is 0. The van der Waals surface area contributed by atoms with Gasteiger partial charge in [0.2, 0.25) is 5.91 Å². The maximum Gasteiger partial charge on any atom is 0.278 e. The van der Waals surface area contributed by atoms with Gasteiger partial charge in [-0.25, -0.2) is 8.78 Å². The van der Waals surface area contributed by atoms with Crippen LogP contribution in [0.3, 0.4) is 0 Å². The first-order valence-corrected chi connectivity index (χ1v) is 5.98. The second-order valence-electron chi connectivity index (χ2n) is 4.37. The molecule has 0 aromatic heterocycles. The SMILES string of the molecule is CC(=O)NCCC(O)C(O)c1cc(F)c(F)cc1[N+](=O)[O-]. The lowest BCUT2D eigenvalue weighted by Crippen LogP contribution is -2.28. The third kappa shape index (κ3) is 4.43. The predicted molar refractivity (Wildman–Crippen MR) is 67.3 cm³/mol. The molecule has 0 aliphatic carbocycles. The van der Waals surface area contributed by atoms with Crippen LogP contribution >= 0.6 is 0 Å². The van der Waals surface area contributed by atoms with Crippen molar-refractivity contribution in [2.24, 2.45) is 0 Å². The Kier molecular flexibility index (Phi) is 5.68. The van der Waals surface area contributed by atoms with Crippen molar-refractivity contribution >= 4 is 11.6 Å². The first-order chi connectivity index (χ1) is 9.73. The van der Waals surface area contributed by atoms with Crippen molar-refractivity contribution in [2.45, 2.75) is 25.6 Å². The Balaban J connectivity index is 2.95. The fourth-order valence-electron chi connectivity index (χ4n) is 1.71. The van der Waals surface area contributed by atoms with Gasteiger partial charge in [-0.05, 0) is 12.5 Å². The Morgan fingerprint density at radius 1 is 1.38 bits per heavy atom. The molecular formula is C12H14F2N2O5. The molecule has 3 N–H and O–H groups in total. The van der Waals surface area contributed by atoms with Crippen LogP contribution in [0.4, 0.5) is 14.5 Å². The number of aliphatic hydroxyl groups excluding tert-OH is 2. The maximum atomic E-state index is 13.2. The number of nitro benzene ring substituents is 1. The van der Waals surface area contributed by atoms with E-state index in [-0.39, 0.29) is 18.9 Å². The zero-order valence-electron chi connectivity index (χ0n) is 11.0. The van der Waals surface area contributed by atoms with Crippen LogP contribution in [-0.4, -0.2) is 33.7 Å². The van der Waals surface area contributed by atoms with Gasteiger partial charge in [-0.2, -0.15) is 0 Å². The average molecular weight is 304 g/mol. The number of benzene rings is 1. The van der Waals surface area contributed by atoms with E-state index in [1.165, 1.54) is 6.92 Å². The van der Waals surface area contributed by atoms with Crippen molar-refractivity contribution in [3.8, 4) is 0 Å². The monoisotopic (exact) mass is 304 g/mol. The molecule has 1 amide bonds. The third-order valence-electron chi connectivity index (χ3n) is 2.76. The van der Waals surface area contributed by atoms with Gasteiger partial charge in [0.25, 0.3) is 5.69 Å². The Morgan fingerprint density at radius 2 is 1.95 bits per heavy atom. The number of halogens is 2. The van der Waals surface area contributed by atoms with Crippen molar-refractivity contribution in [3.63, 3.8) is 0 Å². The number of rotatable bonds is 6. The van der Waals surface area contributed by atoms with E-state index < -0.39 is 40.0 Å². The van der Waals surface area contributed by atoms with Crippen molar-refractivity contribution < 1.29 is 28.7 Å². The molecule has 1 aromatic rings. The lowest BCUT2D eigenvalue weighted by atomic mass is 10.00. The Bertz CT molecular complexity index is 553. The minimum absolute atomic E-state index is 0.0189. The quantitative estimate of drug-likeness (QED) is 0.531. The van der Waals surface area contributed by atoms with Crippen molar-refractivity contribution in [1.82, 2.24) is 5.32 Å². The minimum Gasteiger partial charge on any atom is -0.390 e. The highest BCUT2D eigenvalue weighted by Gasteiger charge is 2.28. The molecule has 116 valence electrons. The highest BCUT2D eigenvalue weighted by atomic mass is 19.2. The molecule has 0 fully saturated rings. The molecule has 21 heavy (non-hydrogen) atoms. The third-order valence-corrected chi connectivity index (χ3v) is 2.76. The highest BCUT2D eigenvalue weighted by molar-refractivity contribution is 5.72. The van der Waals surface area contributed by atoms with Crippen LogP contribution in [-0.2, 0) is 4.79 Å². The number of nitro groups is 1. The number of aliphatic hydroxyl groups is 2. The van der Waals surface area contributed by atoms with E-state index in [4.69, 9.17) is 0 Å². The van der Waals surface area contributed by atoms with Gasteiger partial charge >= 0.3 is 0 Å². The molecule has 0 aliphatic heterocycles. The summed E-state index contributed by atoms with van der Waals surface area (Å²) in [6.07, 6.45) is -3.38. The van der Waals surface area contributed by atoms with Gasteiger partial charge in [0.05, 0.1) is 22.7 Å². The van der Waals surface area contributed by atoms with Crippen LogP contribution in [0, 0.1) is 21.7 Å². The molecular weight excluding hydrogens is 290 g/mol. The summed E-state index contributed by atoms with van der Waals surface area (Å²) < 4.78 is 26.2. The Morgan fingerprint density at radius 3 is 2.48 bits per heavy atom. The minimum atomic E-state index is -1.78. The number of nitrogens with one attached hydrogen (secondary N) is 1. The van der Waals surface area contributed by atoms with Crippen LogP contribution in [0.2, 0.25) is 0 Å². The van der Waals surface area contributed by atoms with Crippen molar-refractivity contribution in [2.75, 3.05) is 6.54 Å². The highest BCUT2D eigenvalue weighted by Crippen LogP contribution is 2.30. The van der Waals surface area contributed by atoms with Gasteiger partial charge in [0.1, 0.15) is 6.10 Å². The average Bonchev–Trinajstić information content (AvgIpc) is 2.39. The summed E-state index contributed by atoms with van der Waals surface area (Å²) in [4.78, 5) is 20.5. The van der Waals surface area contributed by atoms with Gasteiger partial charge in [-0.3, -0.25) is 14.9 Å². The molecule has 0 spiro atoms. The molecule has 0 radical (unpaired) electrons. The van der Waals surface area contributed by atoms with Gasteiger partial charge in [0.15, 0.2) is 11.6 Å². The molecule has 0 saturated heterocycles. The summed E-state index contributed by atoms with van der Waals surface area (Å²) in [6, 6.07) is 0.814. The lowest BCUT2D eigenvalue weighted by Gasteiger charge is -2.18. The Hall–Kier alpha value is -2.13. The van der Waals surface area contributed by atoms with Gasteiger partial charge in [0, 0.05) is 13.5 Å². The van der Waals surface area contributed by atoms with Crippen LogP contribution < -0.4 is 5.32 Å². The molecule has 0 bridgehead atoms. The molecule has 0 aliphatic rings. The van der Waals surface area contributed by atoms with Crippen LogP contribution in [0.1, 0.15) is 25.0 Å². The van der Waals surface area contributed by atoms with Crippen LogP contribution in [0.15, 0.2) is 12.1 Å². The van der Waals surface area contributed by atoms with E-state index in [0.717, 1.165) is 0 Å². The zero-order chi connectivity index (χ0) is 16.2. The molecule has 0 saturated carbocycles. The predicted octanol–water partition coefficient (Wildman–Crippen LogP) is 0.793. The standard InChI is InChI=1S/C12H14F2N2O5/c1-6(17)15-3-2-11(18)12(19)7-4-8(13)9(14)5-10(7)16(20)21/h4-5,11-12,18-19H,2-3H2,1H3,(H,15,17). The number of hydrogen-bond acceptors (Lipinski definition) is 5. The molecule has 9 heteroatoms. The van der Waals surface area contributed by atoms with E-state index in [2.05, 4.69) is 5.32 Å². The van der Waals surface area contributed by atoms with E-state index >= 15 is 0 Å². The number of hydrogen-bond donors (Lipinski definition) is 3. The van der Waals surface area contributed by atoms with Crippen molar-refractivity contribution in [1.29, 1.82) is 0 Å². The topological polar surface area (TPSA) is 113 Å². The fourth-order valence-corrected chi connectivity index (χ4v) is 1.71. The zero-order valence-corrected chi connectivity index (χ0v) is 11.0. The van der Waals surface area contributed by atoms with Crippen LogP contribution in [0.5, 0.6) is 0 Å². The second kappa shape index (κ2) is 7.04. The molecule has 1 rings (SSSR count). The normalized spacial score (nSPS) is 13.6. The van der Waals surface area contributed by atoms with Crippen molar-refractivity contribution in [3.05, 3.63) is 39.4 Å². The summed E-state index contributed by atoms with van der Waals surface area (Å²) in [6.45, 7) is 1.27. The van der Waals surface area contributed by atoms with E-state index in [1.807, 2.05) is 0 Å². The van der Waals surface area contributed by atoms with Crippen LogP contribution in [0.25, 0.3) is 0 Å². The van der Waals surface area contributed by atoms with E-state index in [9.17, 15) is 33.9 Å².